The van der Waals surface area contributed by atoms with Crippen molar-refractivity contribution in [2.45, 2.75) is 71.9 Å². The molecule has 0 amide bonds. The van der Waals surface area contributed by atoms with Crippen molar-refractivity contribution >= 4 is 18.0 Å². The first kappa shape index (κ1) is 38.8. The molecular weight excluding hydrogens is 768 g/mol. The fraction of sp³-hybridized carbons (Fsp3) is 0.259. The van der Waals surface area contributed by atoms with Crippen LogP contribution in [0.4, 0.5) is 0 Å². The van der Waals surface area contributed by atoms with Gasteiger partial charge in [0.15, 0.2) is 0 Å². The summed E-state index contributed by atoms with van der Waals surface area (Å²) in [5, 5.41) is 0. The topological polar surface area (TPSA) is 0 Å². The standard InChI is InChI=1S/2C26H25.2CH3.H2Si.Zr/c2*1-18-24(26(2,3)4)17-23-21(19-11-7-5-8-12-19)15-16-22(25(18)23)20-13-9-6-10-14-20;;;;/h2*5-17H,1-4H3;2*1H3;1H2;. The van der Waals surface area contributed by atoms with Gasteiger partial charge in [0.2, 0.25) is 0 Å². The van der Waals surface area contributed by atoms with Gasteiger partial charge in [-0.05, 0) is 0 Å². The quantitative estimate of drug-likeness (QED) is 0.147. The summed E-state index contributed by atoms with van der Waals surface area (Å²) < 4.78 is 6.36. The van der Waals surface area contributed by atoms with E-state index in [0.717, 1.165) is 0 Å². The van der Waals surface area contributed by atoms with E-state index in [9.17, 15) is 0 Å². The third kappa shape index (κ3) is 6.27. The Kier molecular flexibility index (Phi) is 9.54. The summed E-state index contributed by atoms with van der Waals surface area (Å²) in [6.07, 6.45) is 0. The van der Waals surface area contributed by atoms with Gasteiger partial charge in [-0.25, -0.2) is 0 Å². The third-order valence-corrected chi connectivity index (χ3v) is 30.0. The van der Waals surface area contributed by atoms with Gasteiger partial charge in [0.1, 0.15) is 0 Å². The van der Waals surface area contributed by atoms with Gasteiger partial charge in [0.05, 0.1) is 0 Å². The molecule has 2 heteroatoms. The molecule has 6 aromatic carbocycles. The molecule has 0 radical (unpaired) electrons. The summed E-state index contributed by atoms with van der Waals surface area (Å²) in [4.78, 5) is 0. The van der Waals surface area contributed by atoms with Crippen molar-refractivity contribution in [3.8, 4) is 44.5 Å². The second kappa shape index (κ2) is 13.8. The number of hydrogen-bond acceptors (Lipinski definition) is 0. The number of allylic oxidation sites excluding steroid dienone is 4. The Morgan fingerprint density at radius 3 is 0.911 bits per heavy atom. The van der Waals surface area contributed by atoms with Crippen LogP contribution in [-0.2, 0) is 17.4 Å². The van der Waals surface area contributed by atoms with E-state index >= 15 is 0 Å². The summed E-state index contributed by atoms with van der Waals surface area (Å²) >= 11 is -4.32. The number of benzene rings is 6. The molecule has 0 bridgehead atoms. The second-order valence-corrected chi connectivity index (χ2v) is 50.2. The van der Waals surface area contributed by atoms with Crippen LogP contribution in [0.25, 0.3) is 55.7 Å². The van der Waals surface area contributed by atoms with Crippen LogP contribution in [0.2, 0.25) is 9.26 Å². The van der Waals surface area contributed by atoms with E-state index in [1.165, 1.54) is 66.8 Å². The normalized spacial score (nSPS) is 17.3. The van der Waals surface area contributed by atoms with E-state index in [1.807, 2.05) is 0 Å². The Labute approximate surface area is 339 Å². The van der Waals surface area contributed by atoms with Crippen LogP contribution in [0.1, 0.15) is 84.9 Å². The summed E-state index contributed by atoms with van der Waals surface area (Å²) in [5.41, 5.74) is 23.1. The summed E-state index contributed by atoms with van der Waals surface area (Å²) in [6.45, 7) is 22.4. The average molecular weight is 826 g/mol. The van der Waals surface area contributed by atoms with E-state index in [1.54, 1.807) is 22.3 Å². The molecule has 2 aliphatic carbocycles. The van der Waals surface area contributed by atoms with Gasteiger partial charge in [0.25, 0.3) is 0 Å². The van der Waals surface area contributed by atoms with E-state index in [0.29, 0.717) is 7.25 Å². The van der Waals surface area contributed by atoms with Crippen LogP contribution in [0, 0.1) is 10.8 Å². The molecule has 0 heterocycles. The van der Waals surface area contributed by atoms with Crippen molar-refractivity contribution in [2.75, 3.05) is 0 Å². The molecular formula is C54H58SiZr. The molecule has 0 N–H and O–H groups in total. The van der Waals surface area contributed by atoms with Gasteiger partial charge in [-0.2, -0.15) is 0 Å². The summed E-state index contributed by atoms with van der Waals surface area (Å²) in [6, 6.07) is 54.6. The van der Waals surface area contributed by atoms with Crippen molar-refractivity contribution in [1.29, 1.82) is 0 Å². The average Bonchev–Trinajstić information content (AvgIpc) is 3.69. The first-order chi connectivity index (χ1) is 26.5. The van der Waals surface area contributed by atoms with E-state index in [-0.39, 0.29) is 10.8 Å². The van der Waals surface area contributed by atoms with Crippen LogP contribution in [0.5, 0.6) is 0 Å². The predicted molar refractivity (Wildman–Crippen MR) is 244 cm³/mol. The Balaban J connectivity index is 1.53. The molecule has 2 unspecified atom stereocenters. The Morgan fingerprint density at radius 2 is 0.643 bits per heavy atom. The second-order valence-electron chi connectivity index (χ2n) is 19.7. The third-order valence-electron chi connectivity index (χ3n) is 13.1. The number of rotatable bonds is 6. The molecule has 0 saturated carbocycles. The molecule has 2 aliphatic rings. The predicted octanol–water partition coefficient (Wildman–Crippen LogP) is 15.1. The first-order valence-corrected chi connectivity index (χ1v) is 34.2. The zero-order valence-electron chi connectivity index (χ0n) is 35.2. The van der Waals surface area contributed by atoms with Gasteiger partial charge < -0.3 is 0 Å². The SMILES string of the molecule is CC1=C(C(C)(C)C)[CH]([Zr]([CH3])([CH3])(=[SiH2])[CH]2C(C(C)(C)C)=C(C)c3c(-c4ccccc4)ccc(-c4ccccc4)c32)c2c(-c3ccccc3)ccc(-c3ccccc3)c21. The maximum atomic E-state index is 2.85. The minimum absolute atomic E-state index is 0.0342. The maximum absolute atomic E-state index is 4.32. The molecule has 0 spiro atoms. The zero-order valence-corrected chi connectivity index (χ0v) is 39.1. The molecule has 2 atom stereocenters. The Hall–Kier alpha value is -4.10. The van der Waals surface area contributed by atoms with Crippen LogP contribution < -0.4 is 0 Å². The zero-order chi connectivity index (χ0) is 39.8. The van der Waals surface area contributed by atoms with E-state index in [4.69, 9.17) is 0 Å². The molecule has 8 rings (SSSR count). The van der Waals surface area contributed by atoms with Gasteiger partial charge in [0, 0.05) is 0 Å². The van der Waals surface area contributed by atoms with E-state index in [2.05, 4.69) is 217 Å². The van der Waals surface area contributed by atoms with Gasteiger partial charge in [-0.3, -0.25) is 0 Å². The van der Waals surface area contributed by atoms with Crippen molar-refractivity contribution in [1.82, 2.24) is 0 Å². The van der Waals surface area contributed by atoms with Crippen molar-refractivity contribution < 1.29 is 17.4 Å². The molecule has 0 fully saturated rings. The van der Waals surface area contributed by atoms with Crippen molar-refractivity contribution in [2.24, 2.45) is 10.8 Å². The molecule has 0 aromatic heterocycles. The van der Waals surface area contributed by atoms with Gasteiger partial charge >= 0.3 is 342 Å². The molecule has 0 nitrogen and oxygen atoms in total. The molecule has 56 heavy (non-hydrogen) atoms. The van der Waals surface area contributed by atoms with Crippen molar-refractivity contribution in [3.05, 3.63) is 179 Å². The van der Waals surface area contributed by atoms with Crippen LogP contribution in [0.3, 0.4) is 0 Å². The van der Waals surface area contributed by atoms with E-state index < -0.39 is 17.4 Å². The molecule has 0 saturated heterocycles. The molecule has 6 aromatic rings. The summed E-state index contributed by atoms with van der Waals surface area (Å²) in [7, 11) is 0. The van der Waals surface area contributed by atoms with Gasteiger partial charge in [-0.15, -0.1) is 0 Å². The monoisotopic (exact) mass is 824 g/mol. The summed E-state index contributed by atoms with van der Waals surface area (Å²) in [5.74, 6) is 0. The Morgan fingerprint density at radius 1 is 0.393 bits per heavy atom. The van der Waals surface area contributed by atoms with Crippen LogP contribution >= 0.6 is 0 Å². The molecule has 0 aliphatic heterocycles. The van der Waals surface area contributed by atoms with Crippen molar-refractivity contribution in [3.63, 3.8) is 0 Å². The fourth-order valence-corrected chi connectivity index (χ4v) is 30.8. The first-order valence-electron chi connectivity index (χ1n) is 20.5. The van der Waals surface area contributed by atoms with Crippen LogP contribution in [-0.4, -0.2) is 6.88 Å². The number of hydrogen-bond donors (Lipinski definition) is 0. The number of fused-ring (bicyclic) bond motifs is 2. The fourth-order valence-electron chi connectivity index (χ4n) is 11.1. The Bertz CT molecular complexity index is 2430. The molecule has 282 valence electrons. The van der Waals surface area contributed by atoms with Crippen LogP contribution in [0.15, 0.2) is 157 Å². The van der Waals surface area contributed by atoms with Gasteiger partial charge in [-0.1, -0.05) is 0 Å². The minimum atomic E-state index is -4.32.